The molecule has 26 heavy (non-hydrogen) atoms. The van der Waals surface area contributed by atoms with Crippen molar-refractivity contribution >= 4 is 16.8 Å². The van der Waals surface area contributed by atoms with Gasteiger partial charge in [0.2, 0.25) is 5.91 Å². The average molecular weight is 352 g/mol. The number of hydrogen-bond acceptors (Lipinski definition) is 3. The topological polar surface area (TPSA) is 63.3 Å². The van der Waals surface area contributed by atoms with Crippen LogP contribution in [0.25, 0.3) is 10.9 Å². The smallest absolute Gasteiger partial charge is 0.220 e. The second kappa shape index (κ2) is 8.43. The minimum absolute atomic E-state index is 0.0478. The summed E-state index contributed by atoms with van der Waals surface area (Å²) >= 11 is 0. The summed E-state index contributed by atoms with van der Waals surface area (Å²) in [6.45, 7) is 0.458. The SMILES string of the molecule is COc1cc(CNC(=O)CCCc2c[nH]c3ccccc23)cc(OC)c1. The molecular weight excluding hydrogens is 328 g/mol. The summed E-state index contributed by atoms with van der Waals surface area (Å²) < 4.78 is 10.5. The first kappa shape index (κ1) is 17.9. The maximum Gasteiger partial charge on any atom is 0.220 e. The first-order chi connectivity index (χ1) is 12.7. The highest BCUT2D eigenvalue weighted by Crippen LogP contribution is 2.22. The summed E-state index contributed by atoms with van der Waals surface area (Å²) in [7, 11) is 3.23. The van der Waals surface area contributed by atoms with E-state index in [1.807, 2.05) is 36.5 Å². The molecule has 0 aliphatic heterocycles. The number of methoxy groups -OCH3 is 2. The Morgan fingerprint density at radius 1 is 1.08 bits per heavy atom. The lowest BCUT2D eigenvalue weighted by molar-refractivity contribution is -0.121. The molecular formula is C21H24N2O3. The number of aromatic nitrogens is 1. The number of benzene rings is 2. The molecule has 0 aliphatic carbocycles. The van der Waals surface area contributed by atoms with Gasteiger partial charge in [-0.05, 0) is 42.2 Å². The number of H-pyrrole nitrogens is 1. The fourth-order valence-electron chi connectivity index (χ4n) is 3.04. The van der Waals surface area contributed by atoms with Crippen LogP contribution in [0, 0.1) is 0 Å². The van der Waals surface area contributed by atoms with E-state index < -0.39 is 0 Å². The van der Waals surface area contributed by atoms with Gasteiger partial charge in [0.15, 0.2) is 0 Å². The van der Waals surface area contributed by atoms with Crippen molar-refractivity contribution in [3.63, 3.8) is 0 Å². The maximum atomic E-state index is 12.1. The van der Waals surface area contributed by atoms with E-state index >= 15 is 0 Å². The lowest BCUT2D eigenvalue weighted by Crippen LogP contribution is -2.22. The van der Waals surface area contributed by atoms with Crippen LogP contribution in [0.4, 0.5) is 0 Å². The summed E-state index contributed by atoms with van der Waals surface area (Å²) in [6.07, 6.45) is 4.23. The van der Waals surface area contributed by atoms with E-state index in [4.69, 9.17) is 9.47 Å². The zero-order chi connectivity index (χ0) is 18.4. The number of aromatic amines is 1. The van der Waals surface area contributed by atoms with Gasteiger partial charge in [-0.15, -0.1) is 0 Å². The van der Waals surface area contributed by atoms with Crippen LogP contribution in [-0.2, 0) is 17.8 Å². The lowest BCUT2D eigenvalue weighted by atomic mass is 10.1. The van der Waals surface area contributed by atoms with E-state index in [1.54, 1.807) is 14.2 Å². The van der Waals surface area contributed by atoms with Crippen LogP contribution < -0.4 is 14.8 Å². The van der Waals surface area contributed by atoms with Crippen LogP contribution in [0.3, 0.4) is 0 Å². The lowest BCUT2D eigenvalue weighted by Gasteiger charge is -2.09. The quantitative estimate of drug-likeness (QED) is 0.648. The van der Waals surface area contributed by atoms with Crippen LogP contribution in [0.2, 0.25) is 0 Å². The first-order valence-corrected chi connectivity index (χ1v) is 8.73. The summed E-state index contributed by atoms with van der Waals surface area (Å²) in [6, 6.07) is 13.8. The van der Waals surface area contributed by atoms with Crippen molar-refractivity contribution in [2.75, 3.05) is 14.2 Å². The number of carbonyl (C=O) groups is 1. The van der Waals surface area contributed by atoms with Crippen molar-refractivity contribution in [2.45, 2.75) is 25.8 Å². The van der Waals surface area contributed by atoms with Gasteiger partial charge in [0.1, 0.15) is 11.5 Å². The molecule has 1 aromatic heterocycles. The Morgan fingerprint density at radius 2 is 1.81 bits per heavy atom. The van der Waals surface area contributed by atoms with Gasteiger partial charge in [0.25, 0.3) is 0 Å². The number of ether oxygens (including phenoxy) is 2. The fraction of sp³-hybridized carbons (Fsp3) is 0.286. The van der Waals surface area contributed by atoms with Gasteiger partial charge < -0.3 is 19.8 Å². The fourth-order valence-corrected chi connectivity index (χ4v) is 3.04. The molecule has 5 heteroatoms. The molecule has 5 nitrogen and oxygen atoms in total. The van der Waals surface area contributed by atoms with Crippen LogP contribution in [0.5, 0.6) is 11.5 Å². The second-order valence-corrected chi connectivity index (χ2v) is 6.21. The molecule has 0 bridgehead atoms. The Bertz CT molecular complexity index is 864. The second-order valence-electron chi connectivity index (χ2n) is 6.21. The monoisotopic (exact) mass is 352 g/mol. The number of carbonyl (C=O) groups excluding carboxylic acids is 1. The average Bonchev–Trinajstić information content (AvgIpc) is 3.09. The zero-order valence-corrected chi connectivity index (χ0v) is 15.2. The van der Waals surface area contributed by atoms with Gasteiger partial charge in [0.05, 0.1) is 14.2 Å². The van der Waals surface area contributed by atoms with Crippen LogP contribution in [0.1, 0.15) is 24.0 Å². The van der Waals surface area contributed by atoms with E-state index in [1.165, 1.54) is 10.9 Å². The molecule has 136 valence electrons. The standard InChI is InChI=1S/C21H24N2O3/c1-25-17-10-15(11-18(12-17)26-2)13-23-21(24)9-5-6-16-14-22-20-8-4-3-7-19(16)20/h3-4,7-8,10-12,14,22H,5-6,9,13H2,1-2H3,(H,23,24). The number of hydrogen-bond donors (Lipinski definition) is 2. The molecule has 1 amide bonds. The van der Waals surface area contributed by atoms with Crippen molar-refractivity contribution in [3.05, 3.63) is 59.8 Å². The minimum atomic E-state index is 0.0478. The molecule has 0 spiro atoms. The van der Waals surface area contributed by atoms with Gasteiger partial charge in [-0.25, -0.2) is 0 Å². The van der Waals surface area contributed by atoms with E-state index in [0.717, 1.165) is 23.9 Å². The van der Waals surface area contributed by atoms with Gasteiger partial charge in [-0.2, -0.15) is 0 Å². The number of aryl methyl sites for hydroxylation is 1. The molecule has 0 atom stereocenters. The van der Waals surface area contributed by atoms with Crippen LogP contribution >= 0.6 is 0 Å². The third-order valence-electron chi connectivity index (χ3n) is 4.43. The van der Waals surface area contributed by atoms with E-state index in [2.05, 4.69) is 22.4 Å². The number of para-hydroxylation sites is 1. The molecule has 2 N–H and O–H groups in total. The molecule has 0 saturated heterocycles. The highest BCUT2D eigenvalue weighted by molar-refractivity contribution is 5.83. The number of fused-ring (bicyclic) bond motifs is 1. The van der Waals surface area contributed by atoms with Crippen molar-refractivity contribution in [2.24, 2.45) is 0 Å². The highest BCUT2D eigenvalue weighted by atomic mass is 16.5. The summed E-state index contributed by atoms with van der Waals surface area (Å²) in [5.74, 6) is 1.48. The number of amides is 1. The van der Waals surface area contributed by atoms with Crippen molar-refractivity contribution in [3.8, 4) is 11.5 Å². The largest absolute Gasteiger partial charge is 0.497 e. The predicted molar refractivity (Wildman–Crippen MR) is 103 cm³/mol. The van der Waals surface area contributed by atoms with E-state index in [-0.39, 0.29) is 5.91 Å². The third-order valence-corrected chi connectivity index (χ3v) is 4.43. The Balaban J connectivity index is 1.49. The molecule has 3 rings (SSSR count). The van der Waals surface area contributed by atoms with Gasteiger partial charge in [-0.3, -0.25) is 4.79 Å². The van der Waals surface area contributed by atoms with Crippen molar-refractivity contribution in [1.29, 1.82) is 0 Å². The molecule has 0 unspecified atom stereocenters. The van der Waals surface area contributed by atoms with Gasteiger partial charge in [0, 0.05) is 36.1 Å². The highest BCUT2D eigenvalue weighted by Gasteiger charge is 2.07. The Kier molecular flexibility index (Phi) is 5.79. The van der Waals surface area contributed by atoms with Gasteiger partial charge >= 0.3 is 0 Å². The van der Waals surface area contributed by atoms with Gasteiger partial charge in [-0.1, -0.05) is 18.2 Å². The first-order valence-electron chi connectivity index (χ1n) is 8.73. The number of rotatable bonds is 8. The Morgan fingerprint density at radius 3 is 2.54 bits per heavy atom. The summed E-state index contributed by atoms with van der Waals surface area (Å²) in [5.41, 5.74) is 3.34. The Hall–Kier alpha value is -2.95. The molecule has 1 heterocycles. The maximum absolute atomic E-state index is 12.1. The molecule has 2 aromatic carbocycles. The third kappa shape index (κ3) is 4.36. The van der Waals surface area contributed by atoms with Crippen molar-refractivity contribution < 1.29 is 14.3 Å². The van der Waals surface area contributed by atoms with Crippen LogP contribution in [-0.4, -0.2) is 25.1 Å². The molecule has 0 saturated carbocycles. The molecule has 3 aromatic rings. The predicted octanol–water partition coefficient (Wildman–Crippen LogP) is 3.82. The Labute approximate surface area is 153 Å². The van der Waals surface area contributed by atoms with Crippen LogP contribution in [0.15, 0.2) is 48.7 Å². The van der Waals surface area contributed by atoms with E-state index in [0.29, 0.717) is 24.5 Å². The minimum Gasteiger partial charge on any atom is -0.497 e. The number of nitrogens with one attached hydrogen (secondary N) is 2. The summed E-state index contributed by atoms with van der Waals surface area (Å²) in [5, 5.41) is 4.19. The normalized spacial score (nSPS) is 10.7. The molecule has 0 aliphatic rings. The molecule has 0 radical (unpaired) electrons. The summed E-state index contributed by atoms with van der Waals surface area (Å²) in [4.78, 5) is 15.4. The van der Waals surface area contributed by atoms with Crippen molar-refractivity contribution in [1.82, 2.24) is 10.3 Å². The zero-order valence-electron chi connectivity index (χ0n) is 15.2. The molecule has 0 fully saturated rings. The van der Waals surface area contributed by atoms with E-state index in [9.17, 15) is 4.79 Å².